The Morgan fingerprint density at radius 2 is 1.80 bits per heavy atom. The minimum absolute atomic E-state index is 0.298. The van der Waals surface area contributed by atoms with Crippen molar-refractivity contribution >= 4 is 23.6 Å². The minimum Gasteiger partial charge on any atom is -0.409 e. The molecule has 0 fully saturated rings. The van der Waals surface area contributed by atoms with Gasteiger partial charge >= 0.3 is 6.09 Å². The molecule has 0 aliphatic carbocycles. The topological polar surface area (TPSA) is 29.5 Å². The van der Waals surface area contributed by atoms with Gasteiger partial charge in [0.2, 0.25) is 0 Å². The summed E-state index contributed by atoms with van der Waals surface area (Å²) in [5, 5.41) is 0. The molecule has 1 amide bonds. The van der Waals surface area contributed by atoms with Crippen molar-refractivity contribution < 1.29 is 13.9 Å². The second-order valence-corrected chi connectivity index (χ2v) is 4.50. The first-order valence-corrected chi connectivity index (χ1v) is 6.17. The van der Waals surface area contributed by atoms with E-state index in [0.29, 0.717) is 5.76 Å². The van der Waals surface area contributed by atoms with E-state index in [9.17, 15) is 9.18 Å². The summed E-state index contributed by atoms with van der Waals surface area (Å²) in [5.41, 5.74) is 2.39. The lowest BCUT2D eigenvalue weighted by molar-refractivity contribution is 0.199. The average molecular weight is 269 g/mol. The van der Waals surface area contributed by atoms with Gasteiger partial charge in [0.25, 0.3) is 0 Å². The first-order chi connectivity index (χ1) is 9.65. The summed E-state index contributed by atoms with van der Waals surface area (Å²) >= 11 is 0. The van der Waals surface area contributed by atoms with Gasteiger partial charge in [-0.25, -0.2) is 9.18 Å². The largest absolute Gasteiger partial charge is 0.419 e. The molecule has 1 aliphatic rings. The Bertz CT molecular complexity index is 692. The van der Waals surface area contributed by atoms with Gasteiger partial charge in [0.15, 0.2) is 0 Å². The number of hydrogen-bond acceptors (Lipinski definition) is 2. The van der Waals surface area contributed by atoms with Crippen LogP contribution >= 0.6 is 0 Å². The molecule has 0 spiro atoms. The fraction of sp³-hybridized carbons (Fsp3) is 0.0625. The first-order valence-electron chi connectivity index (χ1n) is 6.17. The van der Waals surface area contributed by atoms with Gasteiger partial charge in [0.1, 0.15) is 11.6 Å². The van der Waals surface area contributed by atoms with Gasteiger partial charge in [-0.05, 0) is 35.9 Å². The molecule has 0 N–H and O–H groups in total. The van der Waals surface area contributed by atoms with E-state index in [-0.39, 0.29) is 5.82 Å². The van der Waals surface area contributed by atoms with E-state index in [1.807, 2.05) is 24.3 Å². The second-order valence-electron chi connectivity index (χ2n) is 4.50. The lowest BCUT2D eigenvalue weighted by Gasteiger charge is -2.26. The van der Waals surface area contributed by atoms with Crippen LogP contribution in [0.5, 0.6) is 0 Å². The average Bonchev–Trinajstić information content (AvgIpc) is 2.47. The van der Waals surface area contributed by atoms with Crippen molar-refractivity contribution in [2.45, 2.75) is 0 Å². The molecule has 0 saturated heterocycles. The first kappa shape index (κ1) is 12.4. The van der Waals surface area contributed by atoms with Crippen LogP contribution in [-0.4, -0.2) is 13.1 Å². The van der Waals surface area contributed by atoms with E-state index in [1.54, 1.807) is 25.3 Å². The van der Waals surface area contributed by atoms with E-state index in [0.717, 1.165) is 16.8 Å². The standard InChI is InChI=1S/C16H12FNO2/c1-18-14-5-3-2-4-13(14)15(20-16(18)19)10-11-6-8-12(17)9-7-11/h2-10H,1H3/b15-10+. The zero-order chi connectivity index (χ0) is 14.1. The number of ether oxygens (including phenoxy) is 1. The summed E-state index contributed by atoms with van der Waals surface area (Å²) in [4.78, 5) is 13.3. The predicted molar refractivity (Wildman–Crippen MR) is 75.6 cm³/mol. The maximum absolute atomic E-state index is 12.9. The number of benzene rings is 2. The Balaban J connectivity index is 2.08. The molecule has 2 aromatic rings. The van der Waals surface area contributed by atoms with Gasteiger partial charge in [-0.2, -0.15) is 0 Å². The summed E-state index contributed by atoms with van der Waals surface area (Å²) in [6, 6.07) is 13.5. The molecule has 0 unspecified atom stereocenters. The van der Waals surface area contributed by atoms with Crippen molar-refractivity contribution in [2.75, 3.05) is 11.9 Å². The number of carbonyl (C=O) groups is 1. The normalized spacial score (nSPS) is 16.0. The van der Waals surface area contributed by atoms with E-state index < -0.39 is 6.09 Å². The number of nitrogens with zero attached hydrogens (tertiary/aromatic N) is 1. The molecule has 3 rings (SSSR count). The third-order valence-electron chi connectivity index (χ3n) is 3.17. The van der Waals surface area contributed by atoms with Gasteiger partial charge in [0.05, 0.1) is 5.69 Å². The summed E-state index contributed by atoms with van der Waals surface area (Å²) in [5.74, 6) is 0.170. The number of carbonyl (C=O) groups excluding carboxylic acids is 1. The van der Waals surface area contributed by atoms with Crippen LogP contribution in [0.15, 0.2) is 48.5 Å². The van der Waals surface area contributed by atoms with E-state index >= 15 is 0 Å². The second kappa shape index (κ2) is 4.81. The maximum atomic E-state index is 12.9. The molecule has 1 heterocycles. The molecular formula is C16H12FNO2. The number of fused-ring (bicyclic) bond motifs is 1. The Morgan fingerprint density at radius 3 is 2.55 bits per heavy atom. The molecule has 0 radical (unpaired) electrons. The van der Waals surface area contributed by atoms with Gasteiger partial charge in [-0.3, -0.25) is 4.90 Å². The van der Waals surface area contributed by atoms with Crippen LogP contribution in [0.3, 0.4) is 0 Å². The van der Waals surface area contributed by atoms with E-state index in [1.165, 1.54) is 17.0 Å². The molecule has 4 heteroatoms. The van der Waals surface area contributed by atoms with Gasteiger partial charge < -0.3 is 4.74 Å². The number of halogens is 1. The van der Waals surface area contributed by atoms with Crippen LogP contribution in [-0.2, 0) is 4.74 Å². The SMILES string of the molecule is CN1C(=O)O/C(=C/c2ccc(F)cc2)c2ccccc21. The van der Waals surface area contributed by atoms with Gasteiger partial charge in [-0.1, -0.05) is 24.3 Å². The summed E-state index contributed by atoms with van der Waals surface area (Å²) < 4.78 is 18.2. The fourth-order valence-corrected chi connectivity index (χ4v) is 2.11. The van der Waals surface area contributed by atoms with Crippen LogP contribution in [0.1, 0.15) is 11.1 Å². The maximum Gasteiger partial charge on any atom is 0.419 e. The highest BCUT2D eigenvalue weighted by Crippen LogP contribution is 2.33. The minimum atomic E-state index is -0.433. The lowest BCUT2D eigenvalue weighted by Crippen LogP contribution is -2.31. The molecule has 3 nitrogen and oxygen atoms in total. The van der Waals surface area contributed by atoms with Crippen LogP contribution < -0.4 is 4.90 Å². The van der Waals surface area contributed by atoms with Crippen molar-refractivity contribution in [3.8, 4) is 0 Å². The van der Waals surface area contributed by atoms with Crippen LogP contribution in [0, 0.1) is 5.82 Å². The zero-order valence-corrected chi connectivity index (χ0v) is 10.8. The Kier molecular flexibility index (Phi) is 2.99. The summed E-state index contributed by atoms with van der Waals surface area (Å²) in [6.45, 7) is 0. The van der Waals surface area contributed by atoms with E-state index in [4.69, 9.17) is 4.74 Å². The fourth-order valence-electron chi connectivity index (χ4n) is 2.11. The number of amides is 1. The molecule has 0 atom stereocenters. The van der Waals surface area contributed by atoms with Crippen molar-refractivity contribution in [1.82, 2.24) is 0 Å². The Hall–Kier alpha value is -2.62. The Labute approximate surface area is 115 Å². The monoisotopic (exact) mass is 269 g/mol. The van der Waals surface area contributed by atoms with Crippen molar-refractivity contribution in [3.63, 3.8) is 0 Å². The molecule has 0 bridgehead atoms. The zero-order valence-electron chi connectivity index (χ0n) is 10.8. The molecule has 0 saturated carbocycles. The van der Waals surface area contributed by atoms with Crippen LogP contribution in [0.25, 0.3) is 11.8 Å². The highest BCUT2D eigenvalue weighted by molar-refractivity contribution is 6.01. The predicted octanol–water partition coefficient (Wildman–Crippen LogP) is 3.91. The quantitative estimate of drug-likeness (QED) is 0.785. The molecule has 1 aliphatic heterocycles. The highest BCUT2D eigenvalue weighted by atomic mass is 19.1. The Morgan fingerprint density at radius 1 is 1.10 bits per heavy atom. The molecule has 2 aromatic carbocycles. The van der Waals surface area contributed by atoms with Crippen LogP contribution in [0.2, 0.25) is 0 Å². The number of para-hydroxylation sites is 1. The number of cyclic esters (lactones) is 1. The van der Waals surface area contributed by atoms with Crippen LogP contribution in [0.4, 0.5) is 14.9 Å². The van der Waals surface area contributed by atoms with E-state index in [2.05, 4.69) is 0 Å². The molecule has 100 valence electrons. The highest BCUT2D eigenvalue weighted by Gasteiger charge is 2.25. The number of hydrogen-bond donors (Lipinski definition) is 0. The van der Waals surface area contributed by atoms with Gasteiger partial charge in [-0.15, -0.1) is 0 Å². The van der Waals surface area contributed by atoms with Crippen molar-refractivity contribution in [1.29, 1.82) is 0 Å². The van der Waals surface area contributed by atoms with Crippen molar-refractivity contribution in [3.05, 3.63) is 65.5 Å². The molecule has 20 heavy (non-hydrogen) atoms. The number of rotatable bonds is 1. The smallest absolute Gasteiger partial charge is 0.409 e. The van der Waals surface area contributed by atoms with Gasteiger partial charge in [0, 0.05) is 12.6 Å². The lowest BCUT2D eigenvalue weighted by atomic mass is 10.1. The molecule has 0 aromatic heterocycles. The third kappa shape index (κ3) is 2.16. The summed E-state index contributed by atoms with van der Waals surface area (Å²) in [7, 11) is 1.66. The third-order valence-corrected chi connectivity index (χ3v) is 3.17. The number of anilines is 1. The molecular weight excluding hydrogens is 257 g/mol. The van der Waals surface area contributed by atoms with Crippen molar-refractivity contribution in [2.24, 2.45) is 0 Å². The summed E-state index contributed by atoms with van der Waals surface area (Å²) in [6.07, 6.45) is 1.29.